The number of H-pyrrole nitrogens is 2. The van der Waals surface area contributed by atoms with Gasteiger partial charge in [0.2, 0.25) is 0 Å². The monoisotopic (exact) mass is 452 g/mol. The maximum absolute atomic E-state index is 12.0. The number of benzene rings is 1. The van der Waals surface area contributed by atoms with Gasteiger partial charge in [0.05, 0.1) is 5.92 Å². The van der Waals surface area contributed by atoms with Crippen LogP contribution in [0.15, 0.2) is 34.9 Å². The third-order valence-corrected chi connectivity index (χ3v) is 7.12. The molecule has 3 aromatic rings. The molecule has 1 aromatic carbocycles. The molecule has 0 radical (unpaired) electrons. The summed E-state index contributed by atoms with van der Waals surface area (Å²) in [4.78, 5) is 18.9. The lowest BCUT2D eigenvalue weighted by molar-refractivity contribution is 0.0689. The first-order valence-corrected chi connectivity index (χ1v) is 11.3. The molecule has 4 nitrogen and oxygen atoms in total. The van der Waals surface area contributed by atoms with Crippen molar-refractivity contribution >= 4 is 21.9 Å². The first-order valence-electron chi connectivity index (χ1n) is 10.5. The summed E-state index contributed by atoms with van der Waals surface area (Å²) in [6, 6.07) is 8.46. The van der Waals surface area contributed by atoms with Crippen molar-refractivity contribution in [2.75, 3.05) is 0 Å². The Balaban J connectivity index is 1.73. The van der Waals surface area contributed by atoms with E-state index in [-0.39, 0.29) is 5.92 Å². The molecule has 5 rings (SSSR count). The van der Waals surface area contributed by atoms with Gasteiger partial charge in [-0.25, -0.2) is 4.79 Å². The van der Waals surface area contributed by atoms with E-state index in [0.29, 0.717) is 5.69 Å². The Hall–Kier alpha value is -2.27. The molecule has 0 aliphatic heterocycles. The molecule has 3 N–H and O–H groups in total. The van der Waals surface area contributed by atoms with Crippen molar-refractivity contribution in [2.45, 2.75) is 57.3 Å². The molecule has 2 aliphatic rings. The summed E-state index contributed by atoms with van der Waals surface area (Å²) >= 11 is 3.55. The van der Waals surface area contributed by atoms with Crippen LogP contribution < -0.4 is 0 Å². The fraction of sp³-hybridized carbons (Fsp3) is 0.375. The van der Waals surface area contributed by atoms with E-state index in [9.17, 15) is 9.90 Å². The maximum Gasteiger partial charge on any atom is 0.352 e. The largest absolute Gasteiger partial charge is 0.477 e. The number of hydrogen-bond acceptors (Lipinski definition) is 1. The van der Waals surface area contributed by atoms with E-state index in [0.717, 1.165) is 54.3 Å². The molecular formula is C24H25BrN2O2. The van der Waals surface area contributed by atoms with Gasteiger partial charge in [0.25, 0.3) is 0 Å². The van der Waals surface area contributed by atoms with E-state index in [1.165, 1.54) is 40.8 Å². The topological polar surface area (TPSA) is 68.9 Å². The minimum absolute atomic E-state index is 0.00454. The third-order valence-electron chi connectivity index (χ3n) is 6.59. The summed E-state index contributed by atoms with van der Waals surface area (Å²) < 4.78 is 1.05. The number of aryl methyl sites for hydroxylation is 1. The van der Waals surface area contributed by atoms with Gasteiger partial charge >= 0.3 is 5.97 Å². The Morgan fingerprint density at radius 3 is 2.28 bits per heavy atom. The molecule has 0 amide bonds. The highest BCUT2D eigenvalue weighted by atomic mass is 79.9. The molecule has 1 unspecified atom stereocenters. The van der Waals surface area contributed by atoms with Crippen molar-refractivity contribution in [1.82, 2.24) is 9.97 Å². The zero-order valence-corrected chi connectivity index (χ0v) is 17.9. The number of halogens is 1. The summed E-state index contributed by atoms with van der Waals surface area (Å²) in [6.07, 6.45) is 10.8. The predicted molar refractivity (Wildman–Crippen MR) is 117 cm³/mol. The molecule has 150 valence electrons. The lowest BCUT2D eigenvalue weighted by Gasteiger charge is -2.23. The zero-order chi connectivity index (χ0) is 20.0. The molecule has 0 saturated heterocycles. The van der Waals surface area contributed by atoms with Crippen molar-refractivity contribution in [1.29, 1.82) is 0 Å². The fourth-order valence-electron chi connectivity index (χ4n) is 5.23. The minimum Gasteiger partial charge on any atom is -0.477 e. The van der Waals surface area contributed by atoms with Gasteiger partial charge < -0.3 is 15.1 Å². The van der Waals surface area contributed by atoms with Crippen LogP contribution in [0.4, 0.5) is 0 Å². The van der Waals surface area contributed by atoms with Crippen LogP contribution in [0.5, 0.6) is 0 Å². The third kappa shape index (κ3) is 3.25. The first-order chi connectivity index (χ1) is 14.1. The quantitative estimate of drug-likeness (QED) is 0.472. The van der Waals surface area contributed by atoms with Crippen molar-refractivity contribution in [3.8, 4) is 0 Å². The highest BCUT2D eigenvalue weighted by Crippen LogP contribution is 2.41. The van der Waals surface area contributed by atoms with Gasteiger partial charge in [-0.05, 0) is 91.3 Å². The van der Waals surface area contributed by atoms with Gasteiger partial charge in [0.15, 0.2) is 0 Å². The summed E-state index contributed by atoms with van der Waals surface area (Å²) in [7, 11) is 0. The van der Waals surface area contributed by atoms with Crippen molar-refractivity contribution in [3.63, 3.8) is 0 Å². The number of carboxylic acid groups (broad SMARTS) is 1. The second-order valence-corrected chi connectivity index (χ2v) is 9.20. The second kappa shape index (κ2) is 7.52. The van der Waals surface area contributed by atoms with E-state index in [4.69, 9.17) is 0 Å². The molecule has 1 atom stereocenters. The Labute approximate surface area is 178 Å². The maximum atomic E-state index is 12.0. The molecular weight excluding hydrogens is 428 g/mol. The van der Waals surface area contributed by atoms with Crippen molar-refractivity contribution in [2.24, 2.45) is 0 Å². The molecule has 0 saturated carbocycles. The standard InChI is InChI=1S/C24H25BrN2O2/c25-16-11-9-14(10-12-16)20(21-17-6-2-1-5-15(17)13-26-21)22-18-7-3-4-8-19(18)23(27-22)24(28)29/h9-13,20,26-27H,1-8H2,(H,28,29). The lowest BCUT2D eigenvalue weighted by Crippen LogP contribution is -2.12. The van der Waals surface area contributed by atoms with E-state index in [1.807, 2.05) is 0 Å². The van der Waals surface area contributed by atoms with Gasteiger partial charge in [0, 0.05) is 22.1 Å². The molecule has 0 spiro atoms. The smallest absolute Gasteiger partial charge is 0.352 e. The van der Waals surface area contributed by atoms with Gasteiger partial charge in [-0.1, -0.05) is 28.1 Å². The normalized spacial score (nSPS) is 16.9. The lowest BCUT2D eigenvalue weighted by atomic mass is 9.82. The highest BCUT2D eigenvalue weighted by Gasteiger charge is 2.32. The van der Waals surface area contributed by atoms with E-state index < -0.39 is 5.97 Å². The van der Waals surface area contributed by atoms with Crippen LogP contribution in [0.1, 0.15) is 81.3 Å². The Kier molecular flexibility index (Phi) is 4.86. The Bertz CT molecular complexity index is 1060. The van der Waals surface area contributed by atoms with Gasteiger partial charge in [-0.15, -0.1) is 0 Å². The van der Waals surface area contributed by atoms with Gasteiger partial charge in [-0.3, -0.25) is 0 Å². The molecule has 2 aromatic heterocycles. The molecule has 5 heteroatoms. The average Bonchev–Trinajstić information content (AvgIpc) is 3.33. The van der Waals surface area contributed by atoms with E-state index in [2.05, 4.69) is 56.4 Å². The zero-order valence-electron chi connectivity index (χ0n) is 16.4. The number of carboxylic acids is 1. The molecule has 0 fully saturated rings. The minimum atomic E-state index is -0.850. The SMILES string of the molecule is O=C(O)c1[nH]c(C(c2ccc(Br)cc2)c2[nH]cc3c2CCCC3)c2c1CCCC2. The van der Waals surface area contributed by atoms with Crippen LogP contribution in [0.2, 0.25) is 0 Å². The van der Waals surface area contributed by atoms with Gasteiger partial charge in [-0.2, -0.15) is 0 Å². The van der Waals surface area contributed by atoms with E-state index >= 15 is 0 Å². The van der Waals surface area contributed by atoms with Crippen LogP contribution in [0.3, 0.4) is 0 Å². The van der Waals surface area contributed by atoms with Crippen LogP contribution in [-0.4, -0.2) is 21.0 Å². The predicted octanol–water partition coefficient (Wildman–Crippen LogP) is 5.74. The van der Waals surface area contributed by atoms with E-state index in [1.54, 1.807) is 0 Å². The number of hydrogen-bond donors (Lipinski definition) is 3. The number of aromatic amines is 2. The number of carbonyl (C=O) groups is 1. The van der Waals surface area contributed by atoms with Gasteiger partial charge in [0.1, 0.15) is 5.69 Å². The number of rotatable bonds is 4. The van der Waals surface area contributed by atoms with Crippen molar-refractivity contribution in [3.05, 3.63) is 79.8 Å². The highest BCUT2D eigenvalue weighted by molar-refractivity contribution is 9.10. The number of fused-ring (bicyclic) bond motifs is 2. The summed E-state index contributed by atoms with van der Waals surface area (Å²) in [5.74, 6) is -0.845. The Morgan fingerprint density at radius 1 is 0.897 bits per heavy atom. The second-order valence-electron chi connectivity index (χ2n) is 8.28. The first kappa shape index (κ1) is 18.7. The molecule has 29 heavy (non-hydrogen) atoms. The number of aromatic carboxylic acids is 1. The van der Waals surface area contributed by atoms with Crippen LogP contribution in [-0.2, 0) is 25.7 Å². The molecule has 2 aliphatic carbocycles. The summed E-state index contributed by atoms with van der Waals surface area (Å²) in [6.45, 7) is 0. The van der Waals surface area contributed by atoms with Crippen molar-refractivity contribution < 1.29 is 9.90 Å². The van der Waals surface area contributed by atoms with Crippen LogP contribution in [0, 0.1) is 0 Å². The fourth-order valence-corrected chi connectivity index (χ4v) is 5.50. The summed E-state index contributed by atoms with van der Waals surface area (Å²) in [5, 5.41) is 9.82. The average molecular weight is 453 g/mol. The number of aromatic nitrogens is 2. The Morgan fingerprint density at radius 2 is 1.55 bits per heavy atom. The summed E-state index contributed by atoms with van der Waals surface area (Å²) in [5.41, 5.74) is 8.96. The van der Waals surface area contributed by atoms with Crippen LogP contribution in [0.25, 0.3) is 0 Å². The van der Waals surface area contributed by atoms with Crippen LogP contribution >= 0.6 is 15.9 Å². The molecule has 0 bridgehead atoms. The molecule has 2 heterocycles. The number of nitrogens with one attached hydrogen (secondary N) is 2.